The number of ether oxygens (including phenoxy) is 2. The lowest BCUT2D eigenvalue weighted by molar-refractivity contribution is 0.111. The lowest BCUT2D eigenvalue weighted by atomic mass is 10.2. The number of rotatable bonds is 7. The van der Waals surface area contributed by atoms with Gasteiger partial charge in [-0.3, -0.25) is 4.79 Å². The fourth-order valence-corrected chi connectivity index (χ4v) is 2.24. The summed E-state index contributed by atoms with van der Waals surface area (Å²) in [7, 11) is 0. The van der Waals surface area contributed by atoms with Crippen molar-refractivity contribution >= 4 is 17.6 Å². The van der Waals surface area contributed by atoms with E-state index >= 15 is 0 Å². The highest BCUT2D eigenvalue weighted by molar-refractivity contribution is 7.07. The number of hydrogen-bond donors (Lipinski definition) is 0. The lowest BCUT2D eigenvalue weighted by Gasteiger charge is -2.10. The van der Waals surface area contributed by atoms with E-state index in [-0.39, 0.29) is 0 Å². The first kappa shape index (κ1) is 13.6. The van der Waals surface area contributed by atoms with Crippen LogP contribution in [0.25, 0.3) is 0 Å². The van der Waals surface area contributed by atoms with Gasteiger partial charge in [-0.15, -0.1) is 0 Å². The summed E-state index contributed by atoms with van der Waals surface area (Å²) in [6.07, 6.45) is 1.74. The lowest BCUT2D eigenvalue weighted by Crippen LogP contribution is -2.00. The summed E-state index contributed by atoms with van der Waals surface area (Å²) in [4.78, 5) is 11.0. The molecule has 0 spiro atoms. The predicted octanol–water partition coefficient (Wildman–Crippen LogP) is 3.93. The molecule has 0 aliphatic carbocycles. The van der Waals surface area contributed by atoms with Crippen LogP contribution in [-0.4, -0.2) is 12.9 Å². The summed E-state index contributed by atoms with van der Waals surface area (Å²) in [5.74, 6) is 1.29. The average molecular weight is 276 g/mol. The van der Waals surface area contributed by atoms with Crippen LogP contribution in [0.5, 0.6) is 11.5 Å². The van der Waals surface area contributed by atoms with Crippen LogP contribution < -0.4 is 9.47 Å². The van der Waals surface area contributed by atoms with Gasteiger partial charge in [0.05, 0.1) is 12.2 Å². The van der Waals surface area contributed by atoms with Crippen LogP contribution in [0, 0.1) is 0 Å². The molecule has 0 saturated heterocycles. The van der Waals surface area contributed by atoms with E-state index in [0.29, 0.717) is 24.5 Å². The van der Waals surface area contributed by atoms with Gasteiger partial charge in [-0.25, -0.2) is 0 Å². The van der Waals surface area contributed by atoms with E-state index in [9.17, 15) is 4.79 Å². The second kappa shape index (κ2) is 6.95. The summed E-state index contributed by atoms with van der Waals surface area (Å²) in [6.45, 7) is 3.17. The van der Waals surface area contributed by atoms with Gasteiger partial charge in [0.1, 0.15) is 18.1 Å². The number of aldehydes is 1. The van der Waals surface area contributed by atoms with E-state index < -0.39 is 0 Å². The highest BCUT2D eigenvalue weighted by Gasteiger charge is 2.06. The summed E-state index contributed by atoms with van der Waals surface area (Å²) >= 11 is 1.62. The van der Waals surface area contributed by atoms with Crippen LogP contribution in [-0.2, 0) is 6.61 Å². The Kier molecular flexibility index (Phi) is 4.98. The molecule has 3 nitrogen and oxygen atoms in total. The molecule has 0 aliphatic rings. The van der Waals surface area contributed by atoms with E-state index in [0.717, 1.165) is 24.0 Å². The standard InChI is InChI=1S/C15H16O3S/c1-2-6-17-14-4-3-13(9-16)15(8-14)18-10-12-5-7-19-11-12/h3-5,7-9,11H,2,6,10H2,1H3. The third-order valence-electron chi connectivity index (χ3n) is 2.56. The van der Waals surface area contributed by atoms with Crippen molar-refractivity contribution in [2.45, 2.75) is 20.0 Å². The summed E-state index contributed by atoms with van der Waals surface area (Å²) in [6, 6.07) is 7.28. The zero-order valence-corrected chi connectivity index (χ0v) is 11.6. The first-order valence-corrected chi connectivity index (χ1v) is 7.13. The normalized spacial score (nSPS) is 10.2. The van der Waals surface area contributed by atoms with Crippen molar-refractivity contribution in [3.63, 3.8) is 0 Å². The monoisotopic (exact) mass is 276 g/mol. The second-order valence-electron chi connectivity index (χ2n) is 4.09. The SMILES string of the molecule is CCCOc1ccc(C=O)c(OCc2ccsc2)c1. The molecule has 4 heteroatoms. The van der Waals surface area contributed by atoms with Crippen molar-refractivity contribution in [2.75, 3.05) is 6.61 Å². The highest BCUT2D eigenvalue weighted by Crippen LogP contribution is 2.25. The van der Waals surface area contributed by atoms with Gasteiger partial charge in [0.15, 0.2) is 6.29 Å². The van der Waals surface area contributed by atoms with Crippen LogP contribution >= 0.6 is 11.3 Å². The zero-order chi connectivity index (χ0) is 13.5. The predicted molar refractivity (Wildman–Crippen MR) is 76.3 cm³/mol. The smallest absolute Gasteiger partial charge is 0.153 e. The molecule has 0 unspecified atom stereocenters. The summed E-state index contributed by atoms with van der Waals surface area (Å²) < 4.78 is 11.2. The minimum absolute atomic E-state index is 0.460. The Hall–Kier alpha value is -1.81. The molecule has 1 aromatic heterocycles. The topological polar surface area (TPSA) is 35.5 Å². The molecule has 1 heterocycles. The molecule has 0 atom stereocenters. The molecule has 0 saturated carbocycles. The molecular formula is C15H16O3S. The number of hydrogen-bond acceptors (Lipinski definition) is 4. The molecule has 2 rings (SSSR count). The zero-order valence-electron chi connectivity index (χ0n) is 10.8. The van der Waals surface area contributed by atoms with E-state index in [1.54, 1.807) is 29.5 Å². The van der Waals surface area contributed by atoms with E-state index in [4.69, 9.17) is 9.47 Å². The van der Waals surface area contributed by atoms with Crippen LogP contribution in [0.3, 0.4) is 0 Å². The van der Waals surface area contributed by atoms with Gasteiger partial charge in [-0.1, -0.05) is 6.92 Å². The van der Waals surface area contributed by atoms with Crippen molar-refractivity contribution in [1.29, 1.82) is 0 Å². The minimum atomic E-state index is 0.460. The second-order valence-corrected chi connectivity index (χ2v) is 4.87. The molecule has 0 amide bonds. The fourth-order valence-electron chi connectivity index (χ4n) is 1.58. The number of thiophene rings is 1. The first-order valence-electron chi connectivity index (χ1n) is 6.19. The third kappa shape index (κ3) is 3.83. The average Bonchev–Trinajstić information content (AvgIpc) is 2.96. The highest BCUT2D eigenvalue weighted by atomic mass is 32.1. The maximum atomic E-state index is 11.0. The largest absolute Gasteiger partial charge is 0.493 e. The van der Waals surface area contributed by atoms with Crippen LogP contribution in [0.15, 0.2) is 35.0 Å². The van der Waals surface area contributed by atoms with Crippen molar-refractivity contribution < 1.29 is 14.3 Å². The molecule has 0 bridgehead atoms. The fraction of sp³-hybridized carbons (Fsp3) is 0.267. The molecule has 0 aliphatic heterocycles. The Morgan fingerprint density at radius 2 is 2.16 bits per heavy atom. The van der Waals surface area contributed by atoms with E-state index in [1.807, 2.05) is 23.8 Å². The van der Waals surface area contributed by atoms with Gasteiger partial charge in [0.25, 0.3) is 0 Å². The van der Waals surface area contributed by atoms with Crippen molar-refractivity contribution in [3.8, 4) is 11.5 Å². The quantitative estimate of drug-likeness (QED) is 0.719. The Balaban J connectivity index is 2.09. The molecule has 2 aromatic rings. The maximum Gasteiger partial charge on any atom is 0.153 e. The van der Waals surface area contributed by atoms with Crippen molar-refractivity contribution in [1.82, 2.24) is 0 Å². The van der Waals surface area contributed by atoms with Crippen LogP contribution in [0.2, 0.25) is 0 Å². The van der Waals surface area contributed by atoms with Crippen LogP contribution in [0.1, 0.15) is 29.3 Å². The Morgan fingerprint density at radius 1 is 1.26 bits per heavy atom. The summed E-state index contributed by atoms with van der Waals surface area (Å²) in [5, 5.41) is 4.03. The Labute approximate surface area is 116 Å². The number of benzene rings is 1. The van der Waals surface area contributed by atoms with Crippen LogP contribution in [0.4, 0.5) is 0 Å². The molecule has 100 valence electrons. The van der Waals surface area contributed by atoms with Gasteiger partial charge < -0.3 is 9.47 Å². The van der Waals surface area contributed by atoms with Gasteiger partial charge in [0.2, 0.25) is 0 Å². The Bertz CT molecular complexity index is 520. The van der Waals surface area contributed by atoms with Crippen molar-refractivity contribution in [2.24, 2.45) is 0 Å². The molecule has 0 fully saturated rings. The molecule has 0 N–H and O–H groups in total. The van der Waals surface area contributed by atoms with Crippen molar-refractivity contribution in [3.05, 3.63) is 46.2 Å². The van der Waals surface area contributed by atoms with Gasteiger partial charge in [-0.2, -0.15) is 11.3 Å². The molecular weight excluding hydrogens is 260 g/mol. The van der Waals surface area contributed by atoms with Gasteiger partial charge in [0, 0.05) is 6.07 Å². The first-order chi connectivity index (χ1) is 9.33. The van der Waals surface area contributed by atoms with E-state index in [1.165, 1.54) is 0 Å². The summed E-state index contributed by atoms with van der Waals surface area (Å²) in [5.41, 5.74) is 1.64. The minimum Gasteiger partial charge on any atom is -0.493 e. The maximum absolute atomic E-state index is 11.0. The molecule has 19 heavy (non-hydrogen) atoms. The molecule has 0 radical (unpaired) electrons. The Morgan fingerprint density at radius 3 is 2.84 bits per heavy atom. The third-order valence-corrected chi connectivity index (χ3v) is 3.29. The van der Waals surface area contributed by atoms with Gasteiger partial charge >= 0.3 is 0 Å². The molecule has 1 aromatic carbocycles. The number of carbonyl (C=O) groups excluding carboxylic acids is 1. The number of carbonyl (C=O) groups is 1. The van der Waals surface area contributed by atoms with E-state index in [2.05, 4.69) is 0 Å². The van der Waals surface area contributed by atoms with Gasteiger partial charge in [-0.05, 0) is 40.9 Å².